The molecule has 0 saturated carbocycles. The lowest BCUT2D eigenvalue weighted by atomic mass is 10.1. The highest BCUT2D eigenvalue weighted by atomic mass is 79.9. The highest BCUT2D eigenvalue weighted by Crippen LogP contribution is 2.37. The number of rotatable bonds is 6. The van der Waals surface area contributed by atoms with Crippen LogP contribution in [0.2, 0.25) is 0 Å². The van der Waals surface area contributed by atoms with Crippen LogP contribution < -0.4 is 14.8 Å². The molecule has 0 bridgehead atoms. The van der Waals surface area contributed by atoms with Gasteiger partial charge in [-0.05, 0) is 66.9 Å². The Morgan fingerprint density at radius 1 is 1.38 bits per heavy atom. The molecule has 0 saturated heterocycles. The van der Waals surface area contributed by atoms with Gasteiger partial charge in [0.15, 0.2) is 11.5 Å². The number of benzene rings is 1. The van der Waals surface area contributed by atoms with Crippen molar-refractivity contribution in [2.24, 2.45) is 0 Å². The first-order chi connectivity index (χ1) is 9.76. The number of ether oxygens (including phenoxy) is 2. The quantitative estimate of drug-likeness (QED) is 0.768. The van der Waals surface area contributed by atoms with Crippen LogP contribution >= 0.6 is 27.5 Å². The van der Waals surface area contributed by atoms with Crippen molar-refractivity contribution in [3.05, 3.63) is 33.3 Å². The third-order valence-electron chi connectivity index (χ3n) is 2.74. The summed E-state index contributed by atoms with van der Waals surface area (Å²) in [7, 11) is 1.64. The number of methoxy groups -OCH3 is 1. The average Bonchev–Trinajstić information content (AvgIpc) is 2.42. The summed E-state index contributed by atoms with van der Waals surface area (Å²) in [4.78, 5) is 0. The first-order valence-corrected chi connectivity index (χ1v) is 8.00. The summed E-state index contributed by atoms with van der Waals surface area (Å²) in [5, 5.41) is 3.45. The highest BCUT2D eigenvalue weighted by molar-refractivity contribution is 9.10. The lowest BCUT2D eigenvalue weighted by Crippen LogP contribution is -2.35. The Kier molecular flexibility index (Phi) is 7.04. The molecule has 0 fully saturated rings. The summed E-state index contributed by atoms with van der Waals surface area (Å²) in [6, 6.07) is 4.02. The molecule has 1 aromatic rings. The van der Waals surface area contributed by atoms with Crippen molar-refractivity contribution in [1.29, 1.82) is 0 Å². The second kappa shape index (κ2) is 8.06. The van der Waals surface area contributed by atoms with Crippen LogP contribution in [0.1, 0.15) is 33.3 Å². The van der Waals surface area contributed by atoms with Crippen molar-refractivity contribution in [2.75, 3.05) is 13.7 Å². The van der Waals surface area contributed by atoms with Gasteiger partial charge in [-0.1, -0.05) is 11.6 Å². The summed E-state index contributed by atoms with van der Waals surface area (Å²) >= 11 is 9.19. The molecule has 5 heteroatoms. The van der Waals surface area contributed by atoms with Gasteiger partial charge in [0.1, 0.15) is 6.61 Å². The third-order valence-corrected chi connectivity index (χ3v) is 3.70. The van der Waals surface area contributed by atoms with Gasteiger partial charge in [-0.25, -0.2) is 0 Å². The van der Waals surface area contributed by atoms with Crippen LogP contribution in [0.15, 0.2) is 27.7 Å². The van der Waals surface area contributed by atoms with Crippen LogP contribution in [0.25, 0.3) is 0 Å². The van der Waals surface area contributed by atoms with Gasteiger partial charge in [-0.2, -0.15) is 0 Å². The molecule has 1 aromatic carbocycles. The molecular weight excluding hydrogens is 354 g/mol. The summed E-state index contributed by atoms with van der Waals surface area (Å²) in [5.74, 6) is 1.40. The lowest BCUT2D eigenvalue weighted by Gasteiger charge is -2.21. The van der Waals surface area contributed by atoms with Gasteiger partial charge >= 0.3 is 0 Å². The molecule has 0 aliphatic carbocycles. The zero-order chi connectivity index (χ0) is 16.0. The predicted octanol–water partition coefficient (Wildman–Crippen LogP) is 4.87. The maximum Gasteiger partial charge on any atom is 0.175 e. The fourth-order valence-corrected chi connectivity index (χ4v) is 2.27. The molecule has 0 radical (unpaired) electrons. The highest BCUT2D eigenvalue weighted by Gasteiger charge is 2.14. The Balaban J connectivity index is 2.91. The third kappa shape index (κ3) is 6.29. The topological polar surface area (TPSA) is 30.5 Å². The molecule has 3 nitrogen and oxygen atoms in total. The smallest absolute Gasteiger partial charge is 0.175 e. The predicted molar refractivity (Wildman–Crippen MR) is 92.4 cm³/mol. The normalized spacial score (nSPS) is 12.4. The van der Waals surface area contributed by atoms with E-state index < -0.39 is 0 Å². The molecule has 0 aliphatic rings. The second-order valence-electron chi connectivity index (χ2n) is 5.96. The van der Waals surface area contributed by atoms with E-state index in [0.717, 1.165) is 22.2 Å². The molecule has 0 heterocycles. The van der Waals surface area contributed by atoms with Crippen molar-refractivity contribution in [1.82, 2.24) is 5.32 Å². The van der Waals surface area contributed by atoms with Gasteiger partial charge in [0.05, 0.1) is 11.6 Å². The molecule has 1 rings (SSSR count). The maximum atomic E-state index is 5.77. The van der Waals surface area contributed by atoms with Gasteiger partial charge in [-0.15, -0.1) is 0 Å². The zero-order valence-electron chi connectivity index (χ0n) is 13.2. The van der Waals surface area contributed by atoms with Gasteiger partial charge in [0.2, 0.25) is 0 Å². The molecule has 0 unspecified atom stereocenters. The number of hydrogen-bond acceptors (Lipinski definition) is 3. The monoisotopic (exact) mass is 375 g/mol. The van der Waals surface area contributed by atoms with Crippen molar-refractivity contribution >= 4 is 27.5 Å². The minimum Gasteiger partial charge on any atom is -0.493 e. The standard InChI is InChI=1S/C16H23BrClNO2/c1-11(8-18)10-21-15-13(17)6-12(7-14(15)20-5)9-19-16(2,3)4/h6-8,19H,9-10H2,1-5H3/b11-8+. The zero-order valence-corrected chi connectivity index (χ0v) is 15.6. The molecule has 0 aliphatic heterocycles. The molecule has 118 valence electrons. The molecule has 1 N–H and O–H groups in total. The van der Waals surface area contributed by atoms with E-state index in [-0.39, 0.29) is 5.54 Å². The van der Waals surface area contributed by atoms with Crippen LogP contribution in [0.5, 0.6) is 11.5 Å². The van der Waals surface area contributed by atoms with E-state index >= 15 is 0 Å². The molecule has 0 spiro atoms. The van der Waals surface area contributed by atoms with E-state index in [1.165, 1.54) is 5.54 Å². The summed E-state index contributed by atoms with van der Waals surface area (Å²) in [6.45, 7) is 9.51. The van der Waals surface area contributed by atoms with E-state index in [4.69, 9.17) is 21.1 Å². The largest absolute Gasteiger partial charge is 0.493 e. The van der Waals surface area contributed by atoms with E-state index in [0.29, 0.717) is 18.1 Å². The van der Waals surface area contributed by atoms with Crippen LogP contribution in [0.4, 0.5) is 0 Å². The number of nitrogens with one attached hydrogen (secondary N) is 1. The maximum absolute atomic E-state index is 5.77. The fourth-order valence-electron chi connectivity index (χ4n) is 1.60. The Hall–Kier alpha value is -0.710. The van der Waals surface area contributed by atoms with Crippen molar-refractivity contribution in [3.63, 3.8) is 0 Å². The van der Waals surface area contributed by atoms with Crippen molar-refractivity contribution in [2.45, 2.75) is 39.8 Å². The summed E-state index contributed by atoms with van der Waals surface area (Å²) in [5.41, 5.74) is 3.66. The minimum absolute atomic E-state index is 0.0666. The molecular formula is C16H23BrClNO2. The Bertz CT molecular complexity index is 510. The first-order valence-electron chi connectivity index (χ1n) is 6.77. The Morgan fingerprint density at radius 3 is 2.57 bits per heavy atom. The van der Waals surface area contributed by atoms with Gasteiger partial charge in [0, 0.05) is 17.6 Å². The Labute approximate surface area is 140 Å². The van der Waals surface area contributed by atoms with Crippen LogP contribution in [0, 0.1) is 0 Å². The van der Waals surface area contributed by atoms with Crippen LogP contribution in [0.3, 0.4) is 0 Å². The van der Waals surface area contributed by atoms with Crippen molar-refractivity contribution in [3.8, 4) is 11.5 Å². The fraction of sp³-hybridized carbons (Fsp3) is 0.500. The van der Waals surface area contributed by atoms with E-state index in [9.17, 15) is 0 Å². The van der Waals surface area contributed by atoms with Gasteiger partial charge < -0.3 is 14.8 Å². The summed E-state index contributed by atoms with van der Waals surface area (Å²) < 4.78 is 12.1. The van der Waals surface area contributed by atoms with Gasteiger partial charge in [0.25, 0.3) is 0 Å². The molecule has 0 atom stereocenters. The lowest BCUT2D eigenvalue weighted by molar-refractivity contribution is 0.317. The number of hydrogen-bond donors (Lipinski definition) is 1. The number of halogens is 2. The van der Waals surface area contributed by atoms with Crippen LogP contribution in [-0.4, -0.2) is 19.3 Å². The van der Waals surface area contributed by atoms with Gasteiger partial charge in [-0.3, -0.25) is 0 Å². The van der Waals surface area contributed by atoms with Crippen LogP contribution in [-0.2, 0) is 6.54 Å². The van der Waals surface area contributed by atoms with Crippen molar-refractivity contribution < 1.29 is 9.47 Å². The first kappa shape index (κ1) is 18.3. The van der Waals surface area contributed by atoms with E-state index in [1.807, 2.05) is 19.1 Å². The average molecular weight is 377 g/mol. The minimum atomic E-state index is 0.0666. The van der Waals surface area contributed by atoms with E-state index in [1.54, 1.807) is 7.11 Å². The summed E-state index contributed by atoms with van der Waals surface area (Å²) in [6.07, 6.45) is 0. The van der Waals surface area contributed by atoms with E-state index in [2.05, 4.69) is 42.0 Å². The SMILES string of the molecule is COc1cc(CNC(C)(C)C)cc(Br)c1OC/C(C)=C/Cl. The Morgan fingerprint density at radius 2 is 2.05 bits per heavy atom. The molecule has 0 amide bonds. The molecule has 21 heavy (non-hydrogen) atoms. The second-order valence-corrected chi connectivity index (χ2v) is 7.03. The molecule has 0 aromatic heterocycles.